The third kappa shape index (κ3) is 3.61. The Morgan fingerprint density at radius 1 is 1.00 bits per heavy atom. The largest absolute Gasteiger partial charge is 0.299 e. The quantitative estimate of drug-likeness (QED) is 0.828. The van der Waals surface area contributed by atoms with E-state index in [9.17, 15) is 13.6 Å². The monoisotopic (exact) mass is 280 g/mol. The number of Topliss-reactive ketones (excluding diaryl/α,β-unsaturated/α-hetero) is 1. The van der Waals surface area contributed by atoms with Crippen LogP contribution in [0.1, 0.15) is 11.1 Å². The highest BCUT2D eigenvalue weighted by atomic mass is 35.5. The van der Waals surface area contributed by atoms with Gasteiger partial charge in [0.15, 0.2) is 0 Å². The van der Waals surface area contributed by atoms with E-state index >= 15 is 0 Å². The molecule has 0 aliphatic carbocycles. The van der Waals surface area contributed by atoms with E-state index in [1.165, 1.54) is 24.3 Å². The Morgan fingerprint density at radius 3 is 2.37 bits per heavy atom. The van der Waals surface area contributed by atoms with Gasteiger partial charge < -0.3 is 0 Å². The Bertz CT molecular complexity index is 594. The highest BCUT2D eigenvalue weighted by molar-refractivity contribution is 6.31. The fourth-order valence-corrected chi connectivity index (χ4v) is 1.98. The summed E-state index contributed by atoms with van der Waals surface area (Å²) in [6.45, 7) is 0. The maximum absolute atomic E-state index is 13.2. The summed E-state index contributed by atoms with van der Waals surface area (Å²) in [5.41, 5.74) is 1.19. The van der Waals surface area contributed by atoms with Crippen LogP contribution in [0.2, 0.25) is 5.02 Å². The van der Waals surface area contributed by atoms with Gasteiger partial charge in [0, 0.05) is 12.8 Å². The zero-order chi connectivity index (χ0) is 13.8. The van der Waals surface area contributed by atoms with E-state index in [-0.39, 0.29) is 29.5 Å². The van der Waals surface area contributed by atoms with Crippen molar-refractivity contribution in [2.24, 2.45) is 0 Å². The first-order valence-electron chi connectivity index (χ1n) is 5.75. The van der Waals surface area contributed by atoms with Gasteiger partial charge in [0.2, 0.25) is 0 Å². The number of benzene rings is 2. The molecule has 0 aliphatic heterocycles. The molecule has 2 aromatic carbocycles. The normalized spacial score (nSPS) is 10.5. The Labute approximate surface area is 114 Å². The second kappa shape index (κ2) is 5.93. The van der Waals surface area contributed by atoms with Crippen LogP contribution in [0.4, 0.5) is 8.78 Å². The van der Waals surface area contributed by atoms with Crippen molar-refractivity contribution in [2.45, 2.75) is 12.8 Å². The minimum atomic E-state index is -0.534. The number of carbonyl (C=O) groups excluding carboxylic acids is 1. The Morgan fingerprint density at radius 2 is 1.68 bits per heavy atom. The lowest BCUT2D eigenvalue weighted by molar-refractivity contribution is -0.117. The van der Waals surface area contributed by atoms with E-state index in [2.05, 4.69) is 0 Å². The number of ketones is 1. The molecule has 0 heterocycles. The number of rotatable bonds is 4. The van der Waals surface area contributed by atoms with Gasteiger partial charge in [-0.05, 0) is 29.3 Å². The second-order valence-electron chi connectivity index (χ2n) is 4.23. The van der Waals surface area contributed by atoms with Crippen LogP contribution in [0.15, 0.2) is 42.5 Å². The molecule has 0 amide bonds. The van der Waals surface area contributed by atoms with Crippen LogP contribution in [0.25, 0.3) is 0 Å². The number of hydrogen-bond acceptors (Lipinski definition) is 1. The smallest absolute Gasteiger partial charge is 0.142 e. The fraction of sp³-hybridized carbons (Fsp3) is 0.133. The summed E-state index contributed by atoms with van der Waals surface area (Å²) in [6, 6.07) is 10.1. The van der Waals surface area contributed by atoms with Gasteiger partial charge in [-0.1, -0.05) is 35.9 Å². The third-order valence-electron chi connectivity index (χ3n) is 2.73. The Balaban J connectivity index is 2.05. The lowest BCUT2D eigenvalue weighted by Gasteiger charge is -2.05. The first-order valence-corrected chi connectivity index (χ1v) is 6.13. The summed E-state index contributed by atoms with van der Waals surface area (Å²) in [4.78, 5) is 11.9. The molecule has 0 aromatic heterocycles. The molecule has 0 atom stereocenters. The van der Waals surface area contributed by atoms with Crippen molar-refractivity contribution in [2.75, 3.05) is 0 Å². The van der Waals surface area contributed by atoms with E-state index in [1.807, 2.05) is 0 Å². The SMILES string of the molecule is O=C(Cc1ccc(F)cc1)Cc1cccc(F)c1Cl. The van der Waals surface area contributed by atoms with E-state index in [0.29, 0.717) is 5.56 Å². The lowest BCUT2D eigenvalue weighted by atomic mass is 10.0. The average molecular weight is 281 g/mol. The van der Waals surface area contributed by atoms with Crippen molar-refractivity contribution in [1.82, 2.24) is 0 Å². The van der Waals surface area contributed by atoms with Gasteiger partial charge in [-0.2, -0.15) is 0 Å². The molecule has 0 unspecified atom stereocenters. The highest BCUT2D eigenvalue weighted by Crippen LogP contribution is 2.20. The predicted molar refractivity (Wildman–Crippen MR) is 70.2 cm³/mol. The molecular weight excluding hydrogens is 270 g/mol. The number of halogens is 3. The molecule has 0 radical (unpaired) electrons. The molecular formula is C15H11ClF2O. The second-order valence-corrected chi connectivity index (χ2v) is 4.61. The molecule has 4 heteroatoms. The van der Waals surface area contributed by atoms with Crippen molar-refractivity contribution in [1.29, 1.82) is 0 Å². The standard InChI is InChI=1S/C15H11ClF2O/c16-15-11(2-1-3-14(15)18)9-13(19)8-10-4-6-12(17)7-5-10/h1-7H,8-9H2. The van der Waals surface area contributed by atoms with Crippen molar-refractivity contribution < 1.29 is 13.6 Å². The predicted octanol–water partition coefficient (Wildman–Crippen LogP) is 3.97. The van der Waals surface area contributed by atoms with Crippen LogP contribution in [-0.2, 0) is 17.6 Å². The van der Waals surface area contributed by atoms with Crippen LogP contribution in [0.3, 0.4) is 0 Å². The van der Waals surface area contributed by atoms with Gasteiger partial charge in [-0.25, -0.2) is 8.78 Å². The van der Waals surface area contributed by atoms with Crippen molar-refractivity contribution in [3.63, 3.8) is 0 Å². The Hall–Kier alpha value is -1.74. The summed E-state index contributed by atoms with van der Waals surface area (Å²) in [6.07, 6.45) is 0.237. The van der Waals surface area contributed by atoms with Crippen LogP contribution in [-0.4, -0.2) is 5.78 Å². The van der Waals surface area contributed by atoms with Gasteiger partial charge >= 0.3 is 0 Å². The molecule has 0 saturated carbocycles. The van der Waals surface area contributed by atoms with Crippen LogP contribution >= 0.6 is 11.6 Å². The Kier molecular flexibility index (Phi) is 4.27. The summed E-state index contributed by atoms with van der Waals surface area (Å²) < 4.78 is 25.9. The van der Waals surface area contributed by atoms with Gasteiger partial charge in [-0.15, -0.1) is 0 Å². The molecule has 0 bridgehead atoms. The molecule has 0 spiro atoms. The first-order chi connectivity index (χ1) is 9.06. The van der Waals surface area contributed by atoms with E-state index < -0.39 is 5.82 Å². The van der Waals surface area contributed by atoms with Gasteiger partial charge in [0.05, 0.1) is 5.02 Å². The molecule has 0 N–H and O–H groups in total. The van der Waals surface area contributed by atoms with Gasteiger partial charge in [-0.3, -0.25) is 4.79 Å². The number of hydrogen-bond donors (Lipinski definition) is 0. The van der Waals surface area contributed by atoms with Crippen molar-refractivity contribution in [3.8, 4) is 0 Å². The highest BCUT2D eigenvalue weighted by Gasteiger charge is 2.10. The first kappa shape index (κ1) is 13.7. The maximum atomic E-state index is 13.2. The average Bonchev–Trinajstić information content (AvgIpc) is 2.38. The molecule has 2 aromatic rings. The van der Waals surface area contributed by atoms with Crippen LogP contribution in [0, 0.1) is 11.6 Å². The minimum absolute atomic E-state index is 0.0186. The van der Waals surface area contributed by atoms with Crippen LogP contribution < -0.4 is 0 Å². The summed E-state index contributed by atoms with van der Waals surface area (Å²) in [7, 11) is 0. The van der Waals surface area contributed by atoms with E-state index in [0.717, 1.165) is 5.56 Å². The van der Waals surface area contributed by atoms with Crippen LogP contribution in [0.5, 0.6) is 0 Å². The summed E-state index contributed by atoms with van der Waals surface area (Å²) in [5.74, 6) is -0.975. The minimum Gasteiger partial charge on any atom is -0.299 e. The molecule has 1 nitrogen and oxygen atoms in total. The van der Waals surface area contributed by atoms with Crippen molar-refractivity contribution >= 4 is 17.4 Å². The van der Waals surface area contributed by atoms with E-state index in [4.69, 9.17) is 11.6 Å². The summed E-state index contributed by atoms with van der Waals surface area (Å²) in [5, 5.41) is -0.0186. The zero-order valence-electron chi connectivity index (χ0n) is 10.00. The maximum Gasteiger partial charge on any atom is 0.142 e. The number of carbonyl (C=O) groups is 1. The van der Waals surface area contributed by atoms with Crippen molar-refractivity contribution in [3.05, 3.63) is 70.2 Å². The molecule has 0 aliphatic rings. The molecule has 19 heavy (non-hydrogen) atoms. The molecule has 2 rings (SSSR count). The fourth-order valence-electron chi connectivity index (χ4n) is 1.79. The summed E-state index contributed by atoms with van der Waals surface area (Å²) >= 11 is 5.78. The molecule has 0 saturated heterocycles. The van der Waals surface area contributed by atoms with Gasteiger partial charge in [0.1, 0.15) is 17.4 Å². The molecule has 98 valence electrons. The molecule has 0 fully saturated rings. The van der Waals surface area contributed by atoms with Gasteiger partial charge in [0.25, 0.3) is 0 Å². The van der Waals surface area contributed by atoms with E-state index in [1.54, 1.807) is 18.2 Å². The zero-order valence-corrected chi connectivity index (χ0v) is 10.8. The third-order valence-corrected chi connectivity index (χ3v) is 3.16. The topological polar surface area (TPSA) is 17.1 Å². The lowest BCUT2D eigenvalue weighted by Crippen LogP contribution is -2.07.